The van der Waals surface area contributed by atoms with Gasteiger partial charge in [0.05, 0.1) is 0 Å². The third-order valence-corrected chi connectivity index (χ3v) is 3.01. The lowest BCUT2D eigenvalue weighted by molar-refractivity contribution is -0.230. The number of esters is 3. The standard InChI is InChI=1S/C13H17F3O7/c1-6(17)20-8-5-9(22-10(8)21-7(2)18)12(3,4)23-11(19)13(14,15)16/h8-10H,5H2,1-4H3/t8-,9+,10-/m1/s1. The summed E-state index contributed by atoms with van der Waals surface area (Å²) in [6.07, 6.45) is -8.62. The van der Waals surface area contributed by atoms with Gasteiger partial charge in [0.25, 0.3) is 0 Å². The molecule has 0 aliphatic carbocycles. The topological polar surface area (TPSA) is 88.1 Å². The minimum Gasteiger partial charge on any atom is -0.456 e. The van der Waals surface area contributed by atoms with Crippen LogP contribution in [0.15, 0.2) is 0 Å². The fourth-order valence-electron chi connectivity index (χ4n) is 2.02. The zero-order valence-corrected chi connectivity index (χ0v) is 12.9. The highest BCUT2D eigenvalue weighted by Gasteiger charge is 2.51. The van der Waals surface area contributed by atoms with Gasteiger partial charge in [0.2, 0.25) is 6.29 Å². The molecule has 1 saturated heterocycles. The molecule has 0 bridgehead atoms. The van der Waals surface area contributed by atoms with Gasteiger partial charge in [0.15, 0.2) is 6.10 Å². The van der Waals surface area contributed by atoms with Crippen LogP contribution in [-0.4, -0.2) is 48.2 Å². The van der Waals surface area contributed by atoms with Crippen LogP contribution < -0.4 is 0 Å². The minimum absolute atomic E-state index is 0.102. The summed E-state index contributed by atoms with van der Waals surface area (Å²) < 4.78 is 56.4. The van der Waals surface area contributed by atoms with E-state index in [1.807, 2.05) is 0 Å². The van der Waals surface area contributed by atoms with E-state index in [-0.39, 0.29) is 6.42 Å². The van der Waals surface area contributed by atoms with Crippen LogP contribution in [0.3, 0.4) is 0 Å². The van der Waals surface area contributed by atoms with E-state index in [4.69, 9.17) is 14.2 Å². The molecule has 0 aromatic carbocycles. The first kappa shape index (κ1) is 19.2. The van der Waals surface area contributed by atoms with Gasteiger partial charge in [-0.3, -0.25) is 9.59 Å². The van der Waals surface area contributed by atoms with Crippen molar-refractivity contribution in [3.05, 3.63) is 0 Å². The molecule has 1 aliphatic heterocycles. The summed E-state index contributed by atoms with van der Waals surface area (Å²) in [6, 6.07) is 0. The molecule has 1 rings (SSSR count). The van der Waals surface area contributed by atoms with Crippen LogP contribution in [0.5, 0.6) is 0 Å². The zero-order chi connectivity index (χ0) is 18.0. The summed E-state index contributed by atoms with van der Waals surface area (Å²) in [5.41, 5.74) is -1.68. The molecular formula is C13H17F3O7. The molecule has 0 spiro atoms. The van der Waals surface area contributed by atoms with E-state index in [1.165, 1.54) is 13.8 Å². The molecule has 1 fully saturated rings. The number of carbonyl (C=O) groups is 3. The lowest BCUT2D eigenvalue weighted by atomic mass is 9.98. The van der Waals surface area contributed by atoms with Gasteiger partial charge < -0.3 is 18.9 Å². The lowest BCUT2D eigenvalue weighted by Crippen LogP contribution is -2.44. The molecular weight excluding hydrogens is 325 g/mol. The van der Waals surface area contributed by atoms with Gasteiger partial charge in [-0.1, -0.05) is 0 Å². The molecule has 23 heavy (non-hydrogen) atoms. The average Bonchev–Trinajstić information content (AvgIpc) is 2.69. The maximum absolute atomic E-state index is 12.3. The Hall–Kier alpha value is -1.84. The highest BCUT2D eigenvalue weighted by atomic mass is 19.4. The third kappa shape index (κ3) is 5.38. The second-order valence-electron chi connectivity index (χ2n) is 5.48. The number of rotatable bonds is 4. The smallest absolute Gasteiger partial charge is 0.456 e. The van der Waals surface area contributed by atoms with Crippen LogP contribution in [0.4, 0.5) is 13.2 Å². The van der Waals surface area contributed by atoms with Crippen LogP contribution in [0.1, 0.15) is 34.1 Å². The molecule has 132 valence electrons. The van der Waals surface area contributed by atoms with Crippen molar-refractivity contribution in [3.8, 4) is 0 Å². The summed E-state index contributed by atoms with van der Waals surface area (Å²) in [7, 11) is 0. The molecule has 0 aromatic rings. The number of carbonyl (C=O) groups excluding carboxylic acids is 3. The van der Waals surface area contributed by atoms with E-state index in [0.717, 1.165) is 13.8 Å². The van der Waals surface area contributed by atoms with Crippen LogP contribution in [0, 0.1) is 0 Å². The number of hydrogen-bond acceptors (Lipinski definition) is 7. The molecule has 0 N–H and O–H groups in total. The average molecular weight is 342 g/mol. The Morgan fingerprint density at radius 2 is 1.57 bits per heavy atom. The predicted molar refractivity (Wildman–Crippen MR) is 66.8 cm³/mol. The Bertz CT molecular complexity index is 462. The van der Waals surface area contributed by atoms with E-state index in [1.54, 1.807) is 0 Å². The molecule has 7 nitrogen and oxygen atoms in total. The van der Waals surface area contributed by atoms with E-state index >= 15 is 0 Å². The normalized spacial score (nSPS) is 24.9. The fourth-order valence-corrected chi connectivity index (χ4v) is 2.02. The summed E-state index contributed by atoms with van der Waals surface area (Å²) in [6.45, 7) is 4.63. The Morgan fingerprint density at radius 1 is 1.04 bits per heavy atom. The minimum atomic E-state index is -5.15. The first-order valence-electron chi connectivity index (χ1n) is 6.63. The number of alkyl halides is 3. The van der Waals surface area contributed by atoms with Crippen LogP contribution >= 0.6 is 0 Å². The largest absolute Gasteiger partial charge is 0.490 e. The fraction of sp³-hybridized carbons (Fsp3) is 0.769. The quantitative estimate of drug-likeness (QED) is 0.565. The van der Waals surface area contributed by atoms with Crippen molar-refractivity contribution >= 4 is 17.9 Å². The van der Waals surface area contributed by atoms with Gasteiger partial charge in [-0.05, 0) is 13.8 Å². The summed E-state index contributed by atoms with van der Waals surface area (Å²) in [5, 5.41) is 0. The van der Waals surface area contributed by atoms with Crippen LogP contribution in [0.2, 0.25) is 0 Å². The van der Waals surface area contributed by atoms with Crippen LogP contribution in [-0.2, 0) is 33.3 Å². The van der Waals surface area contributed by atoms with E-state index in [2.05, 4.69) is 4.74 Å². The van der Waals surface area contributed by atoms with Crippen molar-refractivity contribution in [2.24, 2.45) is 0 Å². The van der Waals surface area contributed by atoms with Gasteiger partial charge in [-0.2, -0.15) is 13.2 Å². The van der Waals surface area contributed by atoms with Crippen molar-refractivity contribution in [1.29, 1.82) is 0 Å². The summed E-state index contributed by atoms with van der Waals surface area (Å²) >= 11 is 0. The van der Waals surface area contributed by atoms with Gasteiger partial charge in [0, 0.05) is 20.3 Å². The van der Waals surface area contributed by atoms with E-state index in [0.29, 0.717) is 0 Å². The lowest BCUT2D eigenvalue weighted by Gasteiger charge is -2.30. The van der Waals surface area contributed by atoms with Crippen molar-refractivity contribution < 1.29 is 46.5 Å². The molecule has 10 heteroatoms. The van der Waals surface area contributed by atoms with Crippen molar-refractivity contribution in [3.63, 3.8) is 0 Å². The van der Waals surface area contributed by atoms with E-state index < -0.39 is 48.2 Å². The van der Waals surface area contributed by atoms with Crippen LogP contribution in [0.25, 0.3) is 0 Å². The van der Waals surface area contributed by atoms with Crippen molar-refractivity contribution in [1.82, 2.24) is 0 Å². The SMILES string of the molecule is CC(=O)O[C@@H]1O[C@H](C(C)(C)OC(=O)C(F)(F)F)C[C@H]1OC(C)=O. The second-order valence-corrected chi connectivity index (χ2v) is 5.48. The number of hydrogen-bond donors (Lipinski definition) is 0. The number of ether oxygens (including phenoxy) is 4. The predicted octanol–water partition coefficient (Wildman–Crippen LogP) is 1.48. The molecule has 0 radical (unpaired) electrons. The first-order chi connectivity index (χ1) is 10.3. The monoisotopic (exact) mass is 342 g/mol. The zero-order valence-electron chi connectivity index (χ0n) is 12.9. The molecule has 1 heterocycles. The molecule has 0 aromatic heterocycles. The second kappa shape index (κ2) is 6.73. The molecule has 0 unspecified atom stereocenters. The Balaban J connectivity index is 2.85. The maximum Gasteiger partial charge on any atom is 0.490 e. The summed E-state index contributed by atoms with van der Waals surface area (Å²) in [4.78, 5) is 33.0. The van der Waals surface area contributed by atoms with Crippen molar-refractivity contribution in [2.45, 2.75) is 64.4 Å². The Morgan fingerprint density at radius 3 is 2.00 bits per heavy atom. The molecule has 0 amide bonds. The molecule has 3 atom stereocenters. The van der Waals surface area contributed by atoms with Gasteiger partial charge >= 0.3 is 24.1 Å². The highest BCUT2D eigenvalue weighted by Crippen LogP contribution is 2.34. The van der Waals surface area contributed by atoms with Crippen molar-refractivity contribution in [2.75, 3.05) is 0 Å². The van der Waals surface area contributed by atoms with Gasteiger partial charge in [-0.15, -0.1) is 0 Å². The van der Waals surface area contributed by atoms with E-state index in [9.17, 15) is 27.6 Å². The van der Waals surface area contributed by atoms with Gasteiger partial charge in [-0.25, -0.2) is 4.79 Å². The maximum atomic E-state index is 12.3. The third-order valence-electron chi connectivity index (χ3n) is 3.01. The summed E-state index contributed by atoms with van der Waals surface area (Å²) in [5.74, 6) is -3.77. The Kier molecular flexibility index (Phi) is 5.62. The van der Waals surface area contributed by atoms with Gasteiger partial charge in [0.1, 0.15) is 11.7 Å². The molecule has 1 aliphatic rings. The highest BCUT2D eigenvalue weighted by molar-refractivity contribution is 5.76. The first-order valence-corrected chi connectivity index (χ1v) is 6.63. The molecule has 0 saturated carbocycles. The Labute approximate surface area is 130 Å². The number of halogens is 3.